The van der Waals surface area contributed by atoms with Crippen molar-refractivity contribution in [2.75, 3.05) is 6.61 Å². The van der Waals surface area contributed by atoms with Gasteiger partial charge in [-0.05, 0) is 11.1 Å². The fourth-order valence-electron chi connectivity index (χ4n) is 3.26. The third kappa shape index (κ3) is 3.68. The first-order valence-corrected chi connectivity index (χ1v) is 8.46. The van der Waals surface area contributed by atoms with Crippen molar-refractivity contribution in [2.45, 2.75) is 44.2 Å². The Morgan fingerprint density at radius 1 is 0.833 bits per heavy atom. The Hall–Kier alpha value is -1.72. The molecular formula is C20H22O4. The number of benzene rings is 2. The molecule has 0 saturated carbocycles. The van der Waals surface area contributed by atoms with Crippen LogP contribution in [0.15, 0.2) is 60.7 Å². The molecule has 2 aromatic carbocycles. The molecule has 0 aromatic heterocycles. The van der Waals surface area contributed by atoms with Gasteiger partial charge in [-0.25, -0.2) is 0 Å². The summed E-state index contributed by atoms with van der Waals surface area (Å²) in [4.78, 5) is 0. The van der Waals surface area contributed by atoms with Crippen LogP contribution in [0.5, 0.6) is 0 Å². The van der Waals surface area contributed by atoms with E-state index >= 15 is 0 Å². The first-order chi connectivity index (χ1) is 11.9. The Kier molecular flexibility index (Phi) is 4.90. The molecule has 2 aliphatic heterocycles. The van der Waals surface area contributed by atoms with Crippen LogP contribution in [0.2, 0.25) is 0 Å². The summed E-state index contributed by atoms with van der Waals surface area (Å²) in [6.07, 6.45) is 0.386. The highest BCUT2D eigenvalue weighted by molar-refractivity contribution is 5.14. The fourth-order valence-corrected chi connectivity index (χ4v) is 3.26. The van der Waals surface area contributed by atoms with Crippen molar-refractivity contribution >= 4 is 0 Å². The van der Waals surface area contributed by atoms with Crippen LogP contribution in [0.4, 0.5) is 0 Å². The highest BCUT2D eigenvalue weighted by Crippen LogP contribution is 2.32. The van der Waals surface area contributed by atoms with Gasteiger partial charge in [-0.1, -0.05) is 60.7 Å². The molecule has 2 saturated heterocycles. The van der Waals surface area contributed by atoms with Crippen molar-refractivity contribution in [1.82, 2.24) is 0 Å². The van der Waals surface area contributed by atoms with Gasteiger partial charge in [0, 0.05) is 6.42 Å². The van der Waals surface area contributed by atoms with Crippen molar-refractivity contribution in [1.29, 1.82) is 0 Å². The molecule has 2 bridgehead atoms. The summed E-state index contributed by atoms with van der Waals surface area (Å²) in [5, 5.41) is 0. The molecule has 0 N–H and O–H groups in total. The van der Waals surface area contributed by atoms with Crippen LogP contribution in [-0.4, -0.2) is 31.2 Å². The van der Waals surface area contributed by atoms with Crippen molar-refractivity contribution < 1.29 is 18.9 Å². The second-order valence-corrected chi connectivity index (χ2v) is 6.27. The first kappa shape index (κ1) is 15.8. The molecule has 0 spiro atoms. The second-order valence-electron chi connectivity index (χ2n) is 6.27. The lowest BCUT2D eigenvalue weighted by Crippen LogP contribution is -2.47. The lowest BCUT2D eigenvalue weighted by atomic mass is 10.0. The van der Waals surface area contributed by atoms with Crippen molar-refractivity contribution in [3.8, 4) is 0 Å². The molecule has 24 heavy (non-hydrogen) atoms. The van der Waals surface area contributed by atoms with Gasteiger partial charge >= 0.3 is 0 Å². The number of rotatable bonds is 6. The minimum absolute atomic E-state index is 0.0137. The van der Waals surface area contributed by atoms with E-state index in [2.05, 4.69) is 24.3 Å². The zero-order valence-electron chi connectivity index (χ0n) is 13.5. The monoisotopic (exact) mass is 326 g/mol. The van der Waals surface area contributed by atoms with E-state index in [0.29, 0.717) is 26.2 Å². The van der Waals surface area contributed by atoms with Gasteiger partial charge in [0.1, 0.15) is 12.2 Å². The maximum Gasteiger partial charge on any atom is 0.160 e. The van der Waals surface area contributed by atoms with Crippen LogP contribution >= 0.6 is 0 Å². The number of hydrogen-bond donors (Lipinski definition) is 0. The van der Waals surface area contributed by atoms with Gasteiger partial charge in [0.2, 0.25) is 0 Å². The van der Waals surface area contributed by atoms with E-state index in [0.717, 1.165) is 5.56 Å². The molecule has 2 fully saturated rings. The lowest BCUT2D eigenvalue weighted by Gasteiger charge is -2.35. The van der Waals surface area contributed by atoms with Crippen LogP contribution in [0, 0.1) is 0 Å². The summed E-state index contributed by atoms with van der Waals surface area (Å²) < 4.78 is 23.8. The van der Waals surface area contributed by atoms with E-state index in [-0.39, 0.29) is 24.6 Å². The average molecular weight is 326 g/mol. The number of ether oxygens (including phenoxy) is 4. The molecule has 4 nitrogen and oxygen atoms in total. The smallest absolute Gasteiger partial charge is 0.160 e. The molecule has 4 atom stereocenters. The Morgan fingerprint density at radius 2 is 1.46 bits per heavy atom. The molecule has 0 unspecified atom stereocenters. The summed E-state index contributed by atoms with van der Waals surface area (Å²) in [6, 6.07) is 20.4. The summed E-state index contributed by atoms with van der Waals surface area (Å²) in [5.41, 5.74) is 2.32. The molecular weight excluding hydrogens is 304 g/mol. The summed E-state index contributed by atoms with van der Waals surface area (Å²) in [7, 11) is 0. The van der Waals surface area contributed by atoms with E-state index in [9.17, 15) is 0 Å². The highest BCUT2D eigenvalue weighted by atomic mass is 16.7. The molecule has 4 rings (SSSR count). The standard InChI is InChI=1S/C20H22O4/c1-3-7-15(8-4-1)12-21-17-11-19-22-14-18(24-19)20(17)23-13-16-9-5-2-6-10-16/h1-10,17-20H,11-14H2/t17-,18+,19+,20+/m0/s1. The van der Waals surface area contributed by atoms with Gasteiger partial charge in [0.05, 0.1) is 25.9 Å². The van der Waals surface area contributed by atoms with E-state index in [1.165, 1.54) is 5.56 Å². The van der Waals surface area contributed by atoms with E-state index in [1.54, 1.807) is 0 Å². The second kappa shape index (κ2) is 7.45. The molecule has 2 heterocycles. The minimum atomic E-state index is -0.160. The molecule has 126 valence electrons. The first-order valence-electron chi connectivity index (χ1n) is 8.46. The molecule has 2 aromatic rings. The Bertz CT molecular complexity index is 631. The van der Waals surface area contributed by atoms with Crippen molar-refractivity contribution in [3.63, 3.8) is 0 Å². The third-order valence-corrected chi connectivity index (χ3v) is 4.52. The van der Waals surface area contributed by atoms with Crippen LogP contribution in [0.3, 0.4) is 0 Å². The maximum atomic E-state index is 6.17. The predicted molar refractivity (Wildman–Crippen MR) is 89.3 cm³/mol. The zero-order chi connectivity index (χ0) is 16.2. The van der Waals surface area contributed by atoms with Crippen molar-refractivity contribution in [3.05, 3.63) is 71.8 Å². The van der Waals surface area contributed by atoms with Gasteiger partial charge in [0.15, 0.2) is 6.29 Å². The molecule has 4 heteroatoms. The quantitative estimate of drug-likeness (QED) is 0.816. The zero-order valence-corrected chi connectivity index (χ0v) is 13.5. The molecule has 0 amide bonds. The predicted octanol–water partition coefficient (Wildman–Crippen LogP) is 3.30. The van der Waals surface area contributed by atoms with Crippen LogP contribution in [0.25, 0.3) is 0 Å². The highest BCUT2D eigenvalue weighted by Gasteiger charge is 2.45. The number of fused-ring (bicyclic) bond motifs is 2. The minimum Gasteiger partial charge on any atom is -0.371 e. The van der Waals surface area contributed by atoms with Crippen molar-refractivity contribution in [2.24, 2.45) is 0 Å². The Balaban J connectivity index is 1.40. The summed E-state index contributed by atoms with van der Waals surface area (Å²) in [5.74, 6) is 0. The summed E-state index contributed by atoms with van der Waals surface area (Å²) >= 11 is 0. The van der Waals surface area contributed by atoms with Gasteiger partial charge in [-0.3, -0.25) is 0 Å². The van der Waals surface area contributed by atoms with Gasteiger partial charge in [0.25, 0.3) is 0 Å². The SMILES string of the molecule is c1ccc(CO[C@@H]2[C@@H](OCc3ccccc3)C[C@@H]3OC[C@H]2O3)cc1. The third-order valence-electron chi connectivity index (χ3n) is 4.52. The van der Waals surface area contributed by atoms with E-state index in [1.807, 2.05) is 36.4 Å². The Morgan fingerprint density at radius 3 is 2.12 bits per heavy atom. The normalized spacial score (nSPS) is 28.8. The maximum absolute atomic E-state index is 6.17. The number of hydrogen-bond acceptors (Lipinski definition) is 4. The van der Waals surface area contributed by atoms with Gasteiger partial charge in [-0.2, -0.15) is 0 Å². The molecule has 2 aliphatic rings. The molecule has 0 radical (unpaired) electrons. The molecule has 0 aliphatic carbocycles. The van der Waals surface area contributed by atoms with Crippen LogP contribution in [-0.2, 0) is 32.2 Å². The Labute approximate surface area is 142 Å². The van der Waals surface area contributed by atoms with Crippen LogP contribution < -0.4 is 0 Å². The van der Waals surface area contributed by atoms with Crippen LogP contribution in [0.1, 0.15) is 17.5 Å². The fraction of sp³-hybridized carbons (Fsp3) is 0.400. The van der Waals surface area contributed by atoms with Gasteiger partial charge in [-0.15, -0.1) is 0 Å². The van der Waals surface area contributed by atoms with E-state index in [4.69, 9.17) is 18.9 Å². The lowest BCUT2D eigenvalue weighted by molar-refractivity contribution is -0.201. The topological polar surface area (TPSA) is 36.9 Å². The average Bonchev–Trinajstić information content (AvgIpc) is 3.03. The summed E-state index contributed by atoms with van der Waals surface area (Å²) in [6.45, 7) is 1.71. The largest absolute Gasteiger partial charge is 0.371 e. The van der Waals surface area contributed by atoms with E-state index < -0.39 is 0 Å². The van der Waals surface area contributed by atoms with Gasteiger partial charge < -0.3 is 18.9 Å².